The molecule has 3 aliphatic rings. The third kappa shape index (κ3) is 1.25. The summed E-state index contributed by atoms with van der Waals surface area (Å²) in [6.07, 6.45) is 8.66. The third-order valence-electron chi connectivity index (χ3n) is 6.20. The summed E-state index contributed by atoms with van der Waals surface area (Å²) in [6.45, 7) is 4.88. The summed E-state index contributed by atoms with van der Waals surface area (Å²) in [5.41, 5.74) is 7.12. The normalized spacial score (nSPS) is 59.0. The van der Waals surface area contributed by atoms with Crippen LogP contribution in [0.5, 0.6) is 0 Å². The average molecular weight is 207 g/mol. The Balaban J connectivity index is 1.85. The second-order valence-corrected chi connectivity index (χ2v) is 6.73. The zero-order chi connectivity index (χ0) is 10.6. The maximum absolute atomic E-state index is 6.54. The average Bonchev–Trinajstić information content (AvgIpc) is 2.77. The van der Waals surface area contributed by atoms with Crippen LogP contribution in [0.4, 0.5) is 0 Å². The molecule has 6 atom stereocenters. The van der Waals surface area contributed by atoms with Crippen LogP contribution < -0.4 is 5.73 Å². The molecular formula is C14H25N. The predicted molar refractivity (Wildman–Crippen MR) is 63.4 cm³/mol. The summed E-state index contributed by atoms with van der Waals surface area (Å²) in [5, 5.41) is 0. The molecule has 15 heavy (non-hydrogen) atoms. The fourth-order valence-electron chi connectivity index (χ4n) is 4.96. The largest absolute Gasteiger partial charge is 0.327 e. The van der Waals surface area contributed by atoms with Crippen molar-refractivity contribution in [2.75, 3.05) is 0 Å². The summed E-state index contributed by atoms with van der Waals surface area (Å²) in [7, 11) is 0. The van der Waals surface area contributed by atoms with Crippen molar-refractivity contribution in [3.63, 3.8) is 0 Å². The molecule has 0 amide bonds. The van der Waals surface area contributed by atoms with E-state index in [4.69, 9.17) is 5.73 Å². The molecule has 2 bridgehead atoms. The fourth-order valence-corrected chi connectivity index (χ4v) is 4.96. The molecule has 0 aromatic rings. The van der Waals surface area contributed by atoms with Gasteiger partial charge in [-0.1, -0.05) is 13.8 Å². The van der Waals surface area contributed by atoms with Crippen LogP contribution in [0, 0.1) is 29.1 Å². The second-order valence-electron chi connectivity index (χ2n) is 6.73. The van der Waals surface area contributed by atoms with Gasteiger partial charge >= 0.3 is 0 Å². The third-order valence-corrected chi connectivity index (χ3v) is 6.20. The highest BCUT2D eigenvalue weighted by Gasteiger charge is 2.57. The lowest BCUT2D eigenvalue weighted by atomic mass is 9.58. The zero-order valence-electron chi connectivity index (χ0n) is 10.2. The lowest BCUT2D eigenvalue weighted by molar-refractivity contribution is 0.0293. The van der Waals surface area contributed by atoms with Gasteiger partial charge in [0.15, 0.2) is 0 Å². The Morgan fingerprint density at radius 2 is 1.87 bits per heavy atom. The van der Waals surface area contributed by atoms with Crippen molar-refractivity contribution >= 4 is 0 Å². The minimum atomic E-state index is 0.547. The Labute approximate surface area is 93.8 Å². The first-order chi connectivity index (χ1) is 7.13. The van der Waals surface area contributed by atoms with Gasteiger partial charge in [-0.25, -0.2) is 0 Å². The molecular weight excluding hydrogens is 182 g/mol. The van der Waals surface area contributed by atoms with Crippen LogP contribution >= 0.6 is 0 Å². The quantitative estimate of drug-likeness (QED) is 0.648. The van der Waals surface area contributed by atoms with E-state index in [2.05, 4.69) is 13.8 Å². The summed E-state index contributed by atoms with van der Waals surface area (Å²) in [5.74, 6) is 3.72. The molecule has 86 valence electrons. The topological polar surface area (TPSA) is 26.0 Å². The molecule has 3 fully saturated rings. The van der Waals surface area contributed by atoms with Crippen LogP contribution in [0.3, 0.4) is 0 Å². The van der Waals surface area contributed by atoms with E-state index in [0.717, 1.165) is 23.7 Å². The number of nitrogens with two attached hydrogens (primary N) is 1. The van der Waals surface area contributed by atoms with Crippen LogP contribution in [-0.2, 0) is 0 Å². The Morgan fingerprint density at radius 1 is 1.07 bits per heavy atom. The van der Waals surface area contributed by atoms with Gasteiger partial charge in [0.05, 0.1) is 0 Å². The van der Waals surface area contributed by atoms with E-state index in [0.29, 0.717) is 11.5 Å². The van der Waals surface area contributed by atoms with Gasteiger partial charge < -0.3 is 5.73 Å². The monoisotopic (exact) mass is 207 g/mol. The van der Waals surface area contributed by atoms with E-state index in [1.165, 1.54) is 38.5 Å². The predicted octanol–water partition coefficient (Wildman–Crippen LogP) is 3.19. The van der Waals surface area contributed by atoms with Gasteiger partial charge in [0, 0.05) is 6.04 Å². The maximum atomic E-state index is 6.54. The molecule has 3 aliphatic carbocycles. The highest BCUT2D eigenvalue weighted by molar-refractivity contribution is 5.10. The molecule has 0 radical (unpaired) electrons. The van der Waals surface area contributed by atoms with E-state index < -0.39 is 0 Å². The van der Waals surface area contributed by atoms with Crippen molar-refractivity contribution < 1.29 is 0 Å². The number of fused-ring (bicyclic) bond motifs is 3. The Kier molecular flexibility index (Phi) is 2.18. The summed E-state index contributed by atoms with van der Waals surface area (Å²) in [4.78, 5) is 0. The number of rotatable bonds is 0. The Morgan fingerprint density at radius 3 is 2.47 bits per heavy atom. The van der Waals surface area contributed by atoms with Gasteiger partial charge in [-0.05, 0) is 67.6 Å². The first-order valence-corrected chi connectivity index (χ1v) is 6.89. The van der Waals surface area contributed by atoms with Crippen LogP contribution in [0.2, 0.25) is 0 Å². The van der Waals surface area contributed by atoms with Gasteiger partial charge in [0.1, 0.15) is 0 Å². The van der Waals surface area contributed by atoms with E-state index in [1.807, 2.05) is 0 Å². The first-order valence-electron chi connectivity index (χ1n) is 6.89. The Bertz CT molecular complexity index is 258. The minimum absolute atomic E-state index is 0.547. The van der Waals surface area contributed by atoms with Crippen molar-refractivity contribution in [2.24, 2.45) is 34.8 Å². The van der Waals surface area contributed by atoms with Crippen LogP contribution in [-0.4, -0.2) is 6.04 Å². The lowest BCUT2D eigenvalue weighted by Crippen LogP contribution is -2.49. The highest BCUT2D eigenvalue weighted by Crippen LogP contribution is 2.62. The SMILES string of the molecule is CC1CCC2(CC1C)[C@H]1CCC(C1)[C@H]2N. The fraction of sp³-hybridized carbons (Fsp3) is 1.00. The van der Waals surface area contributed by atoms with Crippen molar-refractivity contribution in [3.8, 4) is 0 Å². The van der Waals surface area contributed by atoms with E-state index in [-0.39, 0.29) is 0 Å². The number of hydrogen-bond acceptors (Lipinski definition) is 1. The van der Waals surface area contributed by atoms with Gasteiger partial charge in [-0.3, -0.25) is 0 Å². The van der Waals surface area contributed by atoms with E-state index in [1.54, 1.807) is 0 Å². The van der Waals surface area contributed by atoms with Gasteiger partial charge in [0.2, 0.25) is 0 Å². The molecule has 0 aromatic carbocycles. The van der Waals surface area contributed by atoms with Crippen LogP contribution in [0.1, 0.15) is 52.4 Å². The van der Waals surface area contributed by atoms with Crippen molar-refractivity contribution in [1.29, 1.82) is 0 Å². The maximum Gasteiger partial charge on any atom is 0.0127 e. The van der Waals surface area contributed by atoms with E-state index >= 15 is 0 Å². The van der Waals surface area contributed by atoms with Crippen LogP contribution in [0.25, 0.3) is 0 Å². The molecule has 1 heteroatoms. The zero-order valence-corrected chi connectivity index (χ0v) is 10.2. The van der Waals surface area contributed by atoms with Gasteiger partial charge in [-0.15, -0.1) is 0 Å². The number of hydrogen-bond donors (Lipinski definition) is 1. The van der Waals surface area contributed by atoms with Gasteiger partial charge in [-0.2, -0.15) is 0 Å². The van der Waals surface area contributed by atoms with Gasteiger partial charge in [0.25, 0.3) is 0 Å². The molecule has 1 spiro atoms. The molecule has 3 rings (SSSR count). The molecule has 0 aliphatic heterocycles. The Hall–Kier alpha value is -0.0400. The van der Waals surface area contributed by atoms with Crippen LogP contribution in [0.15, 0.2) is 0 Å². The summed E-state index contributed by atoms with van der Waals surface area (Å²) < 4.78 is 0. The molecule has 3 saturated carbocycles. The summed E-state index contributed by atoms with van der Waals surface area (Å²) >= 11 is 0. The smallest absolute Gasteiger partial charge is 0.0127 e. The van der Waals surface area contributed by atoms with E-state index in [9.17, 15) is 0 Å². The molecule has 1 nitrogen and oxygen atoms in total. The first kappa shape index (κ1) is 10.1. The van der Waals surface area contributed by atoms with Crippen molar-refractivity contribution in [3.05, 3.63) is 0 Å². The summed E-state index contributed by atoms with van der Waals surface area (Å²) in [6, 6.07) is 0.547. The molecule has 0 heterocycles. The van der Waals surface area contributed by atoms with Crippen molar-refractivity contribution in [1.82, 2.24) is 0 Å². The molecule has 0 aromatic heterocycles. The molecule has 0 saturated heterocycles. The molecule has 2 N–H and O–H groups in total. The minimum Gasteiger partial charge on any atom is -0.327 e. The molecule has 4 unspecified atom stereocenters. The standard InChI is InChI=1S/C14H25N/c1-9-5-6-14(8-10(9)2)12-4-3-11(7-12)13(14)15/h9-13H,3-8,15H2,1-2H3/t9?,10?,11?,12-,13+,14?/m0/s1. The second kappa shape index (κ2) is 3.23. The lowest BCUT2D eigenvalue weighted by Gasteiger charge is -2.49. The highest BCUT2D eigenvalue weighted by atomic mass is 14.8. The van der Waals surface area contributed by atoms with Crippen molar-refractivity contribution in [2.45, 2.75) is 58.4 Å².